The summed E-state index contributed by atoms with van der Waals surface area (Å²) in [6.07, 6.45) is 0.517. The Labute approximate surface area is 149 Å². The van der Waals surface area contributed by atoms with E-state index in [0.29, 0.717) is 0 Å². The zero-order chi connectivity index (χ0) is 16.8. The van der Waals surface area contributed by atoms with E-state index in [-0.39, 0.29) is 18.0 Å². The van der Waals surface area contributed by atoms with Crippen molar-refractivity contribution < 1.29 is 9.84 Å². The molecule has 1 N–H and O–H groups in total. The number of rotatable bonds is 2. The largest absolute Gasteiger partial charge is 0.507 e. The van der Waals surface area contributed by atoms with E-state index in [4.69, 9.17) is 9.84 Å². The number of aromatic hydroxyl groups is 1. The maximum Gasteiger partial charge on any atom is 0.222 e. The van der Waals surface area contributed by atoms with Crippen LogP contribution in [0.25, 0.3) is 0 Å². The molecule has 0 amide bonds. The highest BCUT2D eigenvalue weighted by Gasteiger charge is 2.41. The Kier molecular flexibility index (Phi) is 3.28. The molecule has 0 bridgehead atoms. The van der Waals surface area contributed by atoms with Crippen molar-refractivity contribution in [3.8, 4) is 11.5 Å². The van der Waals surface area contributed by atoms with Gasteiger partial charge in [-0.05, 0) is 29.6 Å². The molecule has 5 rings (SSSR count). The van der Waals surface area contributed by atoms with Gasteiger partial charge in [0.25, 0.3) is 0 Å². The number of fused-ring (bicyclic) bond motifs is 3. The zero-order valence-electron chi connectivity index (χ0n) is 13.4. The van der Waals surface area contributed by atoms with Crippen LogP contribution in [-0.4, -0.2) is 15.8 Å². The Hall–Kier alpha value is -2.79. The second-order valence-electron chi connectivity index (χ2n) is 6.19. The first-order chi connectivity index (χ1) is 12.3. The van der Waals surface area contributed by atoms with Gasteiger partial charge in [-0.15, -0.1) is 11.3 Å². The highest BCUT2D eigenvalue weighted by atomic mass is 32.1. The van der Waals surface area contributed by atoms with Gasteiger partial charge in [0.05, 0.1) is 16.6 Å². The van der Waals surface area contributed by atoms with E-state index in [9.17, 15) is 5.11 Å². The van der Waals surface area contributed by atoms with Crippen molar-refractivity contribution in [2.24, 2.45) is 5.10 Å². The number of phenols is 1. The van der Waals surface area contributed by atoms with Gasteiger partial charge >= 0.3 is 0 Å². The van der Waals surface area contributed by atoms with E-state index in [1.165, 1.54) is 0 Å². The fourth-order valence-electron chi connectivity index (χ4n) is 3.53. The summed E-state index contributed by atoms with van der Waals surface area (Å²) in [4.78, 5) is 1.13. The van der Waals surface area contributed by atoms with Gasteiger partial charge in [0.2, 0.25) is 6.23 Å². The fraction of sp³-hybridized carbons (Fsp3) is 0.150. The summed E-state index contributed by atoms with van der Waals surface area (Å²) in [6, 6.07) is 19.7. The number of phenolic OH excluding ortho intramolecular Hbond substituents is 1. The van der Waals surface area contributed by atoms with Gasteiger partial charge in [-0.25, -0.2) is 5.01 Å². The van der Waals surface area contributed by atoms with Crippen molar-refractivity contribution in [3.63, 3.8) is 0 Å². The first-order valence-corrected chi connectivity index (χ1v) is 9.12. The maximum atomic E-state index is 10.2. The minimum Gasteiger partial charge on any atom is -0.507 e. The van der Waals surface area contributed by atoms with E-state index < -0.39 is 0 Å². The quantitative estimate of drug-likeness (QED) is 0.730. The Morgan fingerprint density at radius 2 is 1.88 bits per heavy atom. The molecule has 4 nitrogen and oxygen atoms in total. The molecule has 2 aliphatic heterocycles. The van der Waals surface area contributed by atoms with E-state index in [2.05, 4.69) is 17.5 Å². The standard InChI is InChI=1S/C20H16N2O2S/c23-17-8-3-1-6-13(17)15-12-16-14-7-2-4-9-18(14)24-20(22(16)21-15)19-10-5-11-25-19/h1-11,16,20,23H,12H2/t16-,20-/m0/s1. The molecular formula is C20H16N2O2S. The van der Waals surface area contributed by atoms with Gasteiger partial charge in [0, 0.05) is 17.5 Å². The number of ether oxygens (including phenoxy) is 1. The van der Waals surface area contributed by atoms with Crippen LogP contribution in [0, 0.1) is 0 Å². The van der Waals surface area contributed by atoms with Crippen LogP contribution in [0.5, 0.6) is 11.5 Å². The average molecular weight is 348 g/mol. The molecule has 0 aliphatic carbocycles. The lowest BCUT2D eigenvalue weighted by Crippen LogP contribution is -2.33. The van der Waals surface area contributed by atoms with E-state index in [1.54, 1.807) is 17.4 Å². The monoisotopic (exact) mass is 348 g/mol. The summed E-state index contributed by atoms with van der Waals surface area (Å²) in [5.74, 6) is 1.18. The molecule has 1 aromatic heterocycles. The van der Waals surface area contributed by atoms with Crippen LogP contribution in [0.15, 0.2) is 71.1 Å². The molecule has 124 valence electrons. The minimum absolute atomic E-state index is 0.117. The normalized spacial score (nSPS) is 21.3. The second-order valence-corrected chi connectivity index (χ2v) is 7.17. The van der Waals surface area contributed by atoms with Crippen molar-refractivity contribution in [1.29, 1.82) is 0 Å². The summed E-state index contributed by atoms with van der Waals surface area (Å²) in [5, 5.41) is 19.2. The van der Waals surface area contributed by atoms with Crippen molar-refractivity contribution in [2.75, 3.05) is 0 Å². The van der Waals surface area contributed by atoms with Gasteiger partial charge in [0.15, 0.2) is 0 Å². The number of para-hydroxylation sites is 2. The summed E-state index contributed by atoms with van der Waals surface area (Å²) < 4.78 is 6.27. The summed E-state index contributed by atoms with van der Waals surface area (Å²) in [5.41, 5.74) is 2.83. The van der Waals surface area contributed by atoms with Crippen LogP contribution in [0.4, 0.5) is 0 Å². The number of nitrogens with zero attached hydrogens (tertiary/aromatic N) is 2. The number of thiophene rings is 1. The molecule has 0 saturated heterocycles. The lowest BCUT2D eigenvalue weighted by Gasteiger charge is -2.37. The third-order valence-electron chi connectivity index (χ3n) is 4.70. The molecule has 2 aliphatic rings. The Bertz CT molecular complexity index is 952. The fourth-order valence-corrected chi connectivity index (χ4v) is 4.28. The molecule has 3 aromatic rings. The van der Waals surface area contributed by atoms with Crippen LogP contribution in [-0.2, 0) is 0 Å². The van der Waals surface area contributed by atoms with Gasteiger partial charge in [-0.3, -0.25) is 0 Å². The summed E-state index contributed by atoms with van der Waals surface area (Å²) in [6.45, 7) is 0. The molecule has 0 saturated carbocycles. The lowest BCUT2D eigenvalue weighted by molar-refractivity contribution is -0.0165. The SMILES string of the molecule is Oc1ccccc1C1=NN2[C@@H](C1)c1ccccc1O[C@H]2c1cccs1. The third-order valence-corrected chi connectivity index (χ3v) is 5.60. The van der Waals surface area contributed by atoms with E-state index >= 15 is 0 Å². The van der Waals surface area contributed by atoms with Crippen LogP contribution in [0.2, 0.25) is 0 Å². The average Bonchev–Trinajstić information content (AvgIpc) is 3.31. The van der Waals surface area contributed by atoms with E-state index in [1.807, 2.05) is 47.5 Å². The van der Waals surface area contributed by atoms with Crippen molar-refractivity contribution in [1.82, 2.24) is 5.01 Å². The minimum atomic E-state index is -0.233. The summed E-state index contributed by atoms with van der Waals surface area (Å²) in [7, 11) is 0. The molecule has 2 aromatic carbocycles. The van der Waals surface area contributed by atoms with Gasteiger partial charge in [-0.2, -0.15) is 5.10 Å². The van der Waals surface area contributed by atoms with Crippen molar-refractivity contribution in [3.05, 3.63) is 82.0 Å². The first-order valence-electron chi connectivity index (χ1n) is 8.24. The molecule has 0 radical (unpaired) electrons. The van der Waals surface area contributed by atoms with Gasteiger partial charge < -0.3 is 9.84 Å². The molecule has 5 heteroatoms. The van der Waals surface area contributed by atoms with Gasteiger partial charge in [-0.1, -0.05) is 36.4 Å². The number of hydrogen-bond donors (Lipinski definition) is 1. The number of hydrogen-bond acceptors (Lipinski definition) is 5. The first kappa shape index (κ1) is 14.5. The van der Waals surface area contributed by atoms with Crippen molar-refractivity contribution >= 4 is 17.0 Å². The predicted octanol–water partition coefficient (Wildman–Crippen LogP) is 4.70. The highest BCUT2D eigenvalue weighted by molar-refractivity contribution is 7.10. The number of hydrazone groups is 1. The van der Waals surface area contributed by atoms with Crippen LogP contribution in [0.3, 0.4) is 0 Å². The van der Waals surface area contributed by atoms with Gasteiger partial charge in [0.1, 0.15) is 11.5 Å². The molecule has 0 spiro atoms. The lowest BCUT2D eigenvalue weighted by atomic mass is 9.96. The summed E-state index contributed by atoms with van der Waals surface area (Å²) >= 11 is 1.67. The Balaban J connectivity index is 1.62. The number of benzene rings is 2. The Morgan fingerprint density at radius 3 is 2.72 bits per heavy atom. The van der Waals surface area contributed by atoms with Crippen LogP contribution in [0.1, 0.15) is 34.7 Å². The topological polar surface area (TPSA) is 45.1 Å². The highest BCUT2D eigenvalue weighted by Crippen LogP contribution is 2.48. The van der Waals surface area contributed by atoms with Crippen LogP contribution >= 0.6 is 11.3 Å². The molecule has 0 fully saturated rings. The zero-order valence-corrected chi connectivity index (χ0v) is 14.2. The van der Waals surface area contributed by atoms with Crippen molar-refractivity contribution in [2.45, 2.75) is 18.7 Å². The van der Waals surface area contributed by atoms with Crippen LogP contribution < -0.4 is 4.74 Å². The third kappa shape index (κ3) is 2.31. The van der Waals surface area contributed by atoms with E-state index in [0.717, 1.165) is 33.9 Å². The predicted molar refractivity (Wildman–Crippen MR) is 98.0 cm³/mol. The maximum absolute atomic E-state index is 10.2. The molecule has 0 unspecified atom stereocenters. The second kappa shape index (κ2) is 5.63. The molecule has 3 heterocycles. The smallest absolute Gasteiger partial charge is 0.222 e. The molecular weight excluding hydrogens is 332 g/mol. The molecule has 25 heavy (non-hydrogen) atoms. The Morgan fingerprint density at radius 1 is 1.04 bits per heavy atom. The molecule has 2 atom stereocenters.